The number of hydrogen-bond donors (Lipinski definition) is 2. The second-order valence-corrected chi connectivity index (χ2v) is 5.13. The zero-order valence-electron chi connectivity index (χ0n) is 12.3. The Morgan fingerprint density at radius 2 is 2.14 bits per heavy atom. The molecule has 114 valence electrons. The van der Waals surface area contributed by atoms with Crippen LogP contribution < -0.4 is 10.1 Å². The molecule has 21 heavy (non-hydrogen) atoms. The number of aromatic carboxylic acids is 1. The van der Waals surface area contributed by atoms with Crippen LogP contribution >= 0.6 is 0 Å². The largest absolute Gasteiger partial charge is 0.497 e. The average Bonchev–Trinajstić information content (AvgIpc) is 3.28. The molecule has 0 aromatic heterocycles. The molecule has 1 fully saturated rings. The van der Waals surface area contributed by atoms with Crippen molar-refractivity contribution >= 4 is 17.7 Å². The summed E-state index contributed by atoms with van der Waals surface area (Å²) in [7, 11) is 1.49. The number of nitrogens with one attached hydrogen (secondary N) is 1. The molecular weight excluding hydrogens is 272 g/mol. The van der Waals surface area contributed by atoms with Gasteiger partial charge in [-0.15, -0.1) is 0 Å². The number of carbonyl (C=O) groups excluding carboxylic acids is 1. The highest BCUT2D eigenvalue weighted by Gasteiger charge is 2.26. The van der Waals surface area contributed by atoms with E-state index in [4.69, 9.17) is 4.74 Å². The van der Waals surface area contributed by atoms with E-state index in [1.165, 1.54) is 19.2 Å². The van der Waals surface area contributed by atoms with Gasteiger partial charge in [-0.2, -0.15) is 0 Å². The summed E-state index contributed by atoms with van der Waals surface area (Å²) in [5.74, 6) is -0.00121. The van der Waals surface area contributed by atoms with Gasteiger partial charge in [-0.05, 0) is 37.8 Å². The van der Waals surface area contributed by atoms with E-state index < -0.39 is 5.97 Å². The van der Waals surface area contributed by atoms with Gasteiger partial charge in [-0.25, -0.2) is 9.59 Å². The van der Waals surface area contributed by atoms with Gasteiger partial charge in [-0.1, -0.05) is 0 Å². The van der Waals surface area contributed by atoms with Gasteiger partial charge in [0, 0.05) is 19.2 Å². The summed E-state index contributed by atoms with van der Waals surface area (Å²) in [6.45, 7) is 3.22. The molecule has 6 nitrogen and oxygen atoms in total. The van der Waals surface area contributed by atoms with E-state index in [0.29, 0.717) is 24.8 Å². The maximum Gasteiger partial charge on any atom is 0.337 e. The number of nitrogens with zero attached hydrogens (tertiary/aromatic N) is 1. The van der Waals surface area contributed by atoms with Crippen LogP contribution in [0.1, 0.15) is 30.1 Å². The van der Waals surface area contributed by atoms with Gasteiger partial charge in [0.2, 0.25) is 0 Å². The standard InChI is InChI=1S/C15H20N2O4/c1-3-17(9-10-4-5-10)15(20)16-13-8-11(21-2)6-7-12(13)14(18)19/h6-8,10H,3-5,9H2,1-2H3,(H,16,20)(H,18,19). The van der Waals surface area contributed by atoms with Crippen molar-refractivity contribution in [2.24, 2.45) is 5.92 Å². The minimum Gasteiger partial charge on any atom is -0.497 e. The van der Waals surface area contributed by atoms with Crippen molar-refractivity contribution in [3.8, 4) is 5.75 Å². The summed E-state index contributed by atoms with van der Waals surface area (Å²) in [5.41, 5.74) is 0.299. The molecule has 2 amide bonds. The van der Waals surface area contributed by atoms with Gasteiger partial charge >= 0.3 is 12.0 Å². The molecule has 1 aliphatic rings. The molecule has 1 aromatic carbocycles. The molecule has 2 N–H and O–H groups in total. The van der Waals surface area contributed by atoms with E-state index >= 15 is 0 Å². The van der Waals surface area contributed by atoms with Crippen molar-refractivity contribution in [2.75, 3.05) is 25.5 Å². The molecule has 0 atom stereocenters. The van der Waals surface area contributed by atoms with Crippen LogP contribution in [0.4, 0.5) is 10.5 Å². The lowest BCUT2D eigenvalue weighted by Crippen LogP contribution is -2.36. The van der Waals surface area contributed by atoms with Crippen LogP contribution in [0.2, 0.25) is 0 Å². The Morgan fingerprint density at radius 1 is 1.43 bits per heavy atom. The fourth-order valence-electron chi connectivity index (χ4n) is 2.10. The molecule has 1 aromatic rings. The number of urea groups is 1. The Kier molecular flexibility index (Phi) is 4.67. The van der Waals surface area contributed by atoms with Gasteiger partial charge in [0.25, 0.3) is 0 Å². The third-order valence-electron chi connectivity index (χ3n) is 3.54. The van der Waals surface area contributed by atoms with Gasteiger partial charge < -0.3 is 20.1 Å². The summed E-state index contributed by atoms with van der Waals surface area (Å²) in [5, 5.41) is 11.9. The molecule has 2 rings (SSSR count). The van der Waals surface area contributed by atoms with E-state index in [1.807, 2.05) is 6.92 Å². The van der Waals surface area contributed by atoms with Crippen molar-refractivity contribution in [3.05, 3.63) is 23.8 Å². The van der Waals surface area contributed by atoms with E-state index in [2.05, 4.69) is 5.32 Å². The van der Waals surface area contributed by atoms with E-state index in [9.17, 15) is 14.7 Å². The Morgan fingerprint density at radius 3 is 2.67 bits per heavy atom. The lowest BCUT2D eigenvalue weighted by Gasteiger charge is -2.22. The van der Waals surface area contributed by atoms with E-state index in [0.717, 1.165) is 12.8 Å². The molecule has 1 saturated carbocycles. The normalized spacial score (nSPS) is 13.6. The van der Waals surface area contributed by atoms with Crippen molar-refractivity contribution < 1.29 is 19.4 Å². The summed E-state index contributed by atoms with van der Waals surface area (Å²) in [6, 6.07) is 4.22. The number of rotatable bonds is 6. The topological polar surface area (TPSA) is 78.9 Å². The van der Waals surface area contributed by atoms with Gasteiger partial charge in [0.1, 0.15) is 5.75 Å². The summed E-state index contributed by atoms with van der Waals surface area (Å²) < 4.78 is 5.07. The Hall–Kier alpha value is -2.24. The predicted molar refractivity (Wildman–Crippen MR) is 78.9 cm³/mol. The fraction of sp³-hybridized carbons (Fsp3) is 0.467. The molecular formula is C15H20N2O4. The lowest BCUT2D eigenvalue weighted by atomic mass is 10.1. The second-order valence-electron chi connectivity index (χ2n) is 5.13. The van der Waals surface area contributed by atoms with Crippen molar-refractivity contribution in [1.29, 1.82) is 0 Å². The van der Waals surface area contributed by atoms with Crippen LogP contribution in [-0.4, -0.2) is 42.2 Å². The highest BCUT2D eigenvalue weighted by Crippen LogP contribution is 2.30. The summed E-state index contributed by atoms with van der Waals surface area (Å²) in [4.78, 5) is 25.2. The molecule has 0 saturated heterocycles. The van der Waals surface area contributed by atoms with Crippen LogP contribution in [0.25, 0.3) is 0 Å². The highest BCUT2D eigenvalue weighted by atomic mass is 16.5. The minimum atomic E-state index is -1.09. The minimum absolute atomic E-state index is 0.0478. The third kappa shape index (κ3) is 3.87. The first-order valence-electron chi connectivity index (χ1n) is 7.02. The van der Waals surface area contributed by atoms with E-state index in [-0.39, 0.29) is 17.3 Å². The van der Waals surface area contributed by atoms with Crippen LogP contribution in [0.3, 0.4) is 0 Å². The van der Waals surface area contributed by atoms with Crippen LogP contribution in [-0.2, 0) is 0 Å². The molecule has 0 radical (unpaired) electrons. The van der Waals surface area contributed by atoms with Crippen LogP contribution in [0.5, 0.6) is 5.75 Å². The molecule has 6 heteroatoms. The average molecular weight is 292 g/mol. The Bertz CT molecular complexity index is 540. The molecule has 0 spiro atoms. The number of hydrogen-bond acceptors (Lipinski definition) is 3. The Labute approximate surface area is 123 Å². The second kappa shape index (κ2) is 6.47. The summed E-state index contributed by atoms with van der Waals surface area (Å²) >= 11 is 0. The van der Waals surface area contributed by atoms with Crippen molar-refractivity contribution in [3.63, 3.8) is 0 Å². The Balaban J connectivity index is 2.15. The van der Waals surface area contributed by atoms with Gasteiger partial charge in [0.15, 0.2) is 0 Å². The number of carboxylic acid groups (broad SMARTS) is 1. The first kappa shape index (κ1) is 15.2. The van der Waals surface area contributed by atoms with Crippen molar-refractivity contribution in [1.82, 2.24) is 4.90 Å². The predicted octanol–water partition coefficient (Wildman–Crippen LogP) is 2.66. The van der Waals surface area contributed by atoms with Crippen LogP contribution in [0, 0.1) is 5.92 Å². The maximum atomic E-state index is 12.3. The highest BCUT2D eigenvalue weighted by molar-refractivity contribution is 6.00. The number of benzene rings is 1. The summed E-state index contributed by atoms with van der Waals surface area (Å²) in [6.07, 6.45) is 2.31. The maximum absolute atomic E-state index is 12.3. The number of carboxylic acids is 1. The van der Waals surface area contributed by atoms with Gasteiger partial charge in [0.05, 0.1) is 18.4 Å². The molecule has 1 aliphatic carbocycles. The number of methoxy groups -OCH3 is 1. The molecule has 0 bridgehead atoms. The monoisotopic (exact) mass is 292 g/mol. The zero-order valence-corrected chi connectivity index (χ0v) is 12.3. The quantitative estimate of drug-likeness (QED) is 0.845. The molecule has 0 heterocycles. The SMILES string of the molecule is CCN(CC1CC1)C(=O)Nc1cc(OC)ccc1C(=O)O. The number of ether oxygens (including phenoxy) is 1. The first-order valence-corrected chi connectivity index (χ1v) is 7.02. The fourth-order valence-corrected chi connectivity index (χ4v) is 2.10. The number of carbonyl (C=O) groups is 2. The molecule has 0 unspecified atom stereocenters. The lowest BCUT2D eigenvalue weighted by molar-refractivity contribution is 0.0698. The first-order chi connectivity index (χ1) is 10.0. The van der Waals surface area contributed by atoms with Crippen molar-refractivity contribution in [2.45, 2.75) is 19.8 Å². The van der Waals surface area contributed by atoms with Crippen LogP contribution in [0.15, 0.2) is 18.2 Å². The van der Waals surface area contributed by atoms with Gasteiger partial charge in [-0.3, -0.25) is 0 Å². The molecule has 0 aliphatic heterocycles. The number of amides is 2. The zero-order chi connectivity index (χ0) is 15.4. The number of anilines is 1. The smallest absolute Gasteiger partial charge is 0.337 e. The third-order valence-corrected chi connectivity index (χ3v) is 3.54. The van der Waals surface area contributed by atoms with E-state index in [1.54, 1.807) is 11.0 Å².